The van der Waals surface area contributed by atoms with Crippen LogP contribution in [0.15, 0.2) is 60.7 Å². The van der Waals surface area contributed by atoms with Gasteiger partial charge in [0.05, 0.1) is 25.7 Å². The fourth-order valence-corrected chi connectivity index (χ4v) is 12.4. The van der Waals surface area contributed by atoms with Crippen molar-refractivity contribution in [2.75, 3.05) is 82.2 Å². The van der Waals surface area contributed by atoms with Crippen LogP contribution in [0, 0.1) is 29.6 Å². The Morgan fingerprint density at radius 2 is 0.930 bits per heavy atom. The molecule has 4 rings (SSSR count). The highest BCUT2D eigenvalue weighted by molar-refractivity contribution is 6.00. The molecule has 0 spiro atoms. The van der Waals surface area contributed by atoms with Crippen molar-refractivity contribution in [1.29, 1.82) is 0 Å². The van der Waals surface area contributed by atoms with E-state index in [9.17, 15) is 38.7 Å². The van der Waals surface area contributed by atoms with E-state index >= 15 is 24.0 Å². The Morgan fingerprint density at radius 3 is 1.44 bits per heavy atom. The zero-order valence-corrected chi connectivity index (χ0v) is 62.9. The molecule has 0 aliphatic carbocycles. The number of rotatable bonds is 18. The molecule has 0 radical (unpaired) electrons. The van der Waals surface area contributed by atoms with Gasteiger partial charge in [0.1, 0.15) is 60.4 Å². The number of carbonyl (C=O) groups excluding carboxylic acids is 12. The normalized spacial score (nSPS) is 25.1. The number of amides is 12. The maximum Gasteiger partial charge on any atom is 0.248 e. The highest BCUT2D eigenvalue weighted by Gasteiger charge is 2.44. The standard InChI is InChI=1S/C74H118N12O14/c1-45(2)33-36-100-44-55-69(94)84(18)59(39-48(7)8)71(96)83(17)58(40-52-29-23-20-24-30-52)68(93)77-63(49(9)10)74(99)85(19)60(41-53-31-25-21-26-32-53)72(97)82(16)57(38-47(5)6)67(92)78-64(51(12)87)73(98)79(13)43-62(89)81(15)56(37-46(3)4)66(91)75-54(70(95)86-34-27-22-28-35-86)42-61(88)80(14)50(11)65(90)76-55/h20-21,23-26,29-32,45-51,54-60,63-64,87H,22,27-28,33-44H2,1-19H3,(H,75,91)(H,76,90)(H,77,93)(H,78,92)/t50-,51+,54-,55-,56-,57-,58-,59-,60-,63-,64-/m0/s1. The number of ether oxygens (including phenoxy) is 1. The van der Waals surface area contributed by atoms with Crippen molar-refractivity contribution in [1.82, 2.24) is 60.5 Å². The lowest BCUT2D eigenvalue weighted by Gasteiger charge is -2.38. The summed E-state index contributed by atoms with van der Waals surface area (Å²) in [6, 6.07) is 4.19. The number of nitrogens with one attached hydrogen (secondary N) is 4. The number of likely N-dealkylation sites (tertiary alicyclic amines) is 1. The van der Waals surface area contributed by atoms with Gasteiger partial charge in [0, 0.05) is 81.9 Å². The molecule has 26 heteroatoms. The number of likely N-dealkylation sites (N-methyl/N-ethyl adjacent to an activating group) is 7. The first-order valence-electron chi connectivity index (χ1n) is 35.6. The Bertz CT molecular complexity index is 3070. The number of hydrogen-bond acceptors (Lipinski definition) is 14. The molecule has 2 heterocycles. The number of piperidine rings is 1. The first-order chi connectivity index (χ1) is 46.9. The molecule has 0 unspecified atom stereocenters. The molecule has 0 bridgehead atoms. The molecule has 11 atom stereocenters. The Kier molecular flexibility index (Phi) is 33.6. The minimum absolute atomic E-state index is 0.0447. The first-order valence-corrected chi connectivity index (χ1v) is 35.6. The Labute approximate surface area is 593 Å². The molecule has 100 heavy (non-hydrogen) atoms. The van der Waals surface area contributed by atoms with Crippen LogP contribution in [0.1, 0.15) is 146 Å². The van der Waals surface area contributed by atoms with Crippen LogP contribution in [0.2, 0.25) is 0 Å². The summed E-state index contributed by atoms with van der Waals surface area (Å²) in [5, 5.41) is 22.4. The molecule has 2 aromatic rings. The van der Waals surface area contributed by atoms with Gasteiger partial charge in [-0.1, -0.05) is 130 Å². The highest BCUT2D eigenvalue weighted by Crippen LogP contribution is 2.24. The van der Waals surface area contributed by atoms with Crippen molar-refractivity contribution in [3.63, 3.8) is 0 Å². The Morgan fingerprint density at radius 1 is 0.480 bits per heavy atom. The first kappa shape index (κ1) is 84.4. The molecule has 12 amide bonds. The monoisotopic (exact) mass is 1400 g/mol. The van der Waals surface area contributed by atoms with Crippen LogP contribution in [0.25, 0.3) is 0 Å². The number of carbonyl (C=O) groups is 12. The van der Waals surface area contributed by atoms with Crippen LogP contribution in [0.3, 0.4) is 0 Å². The minimum Gasteiger partial charge on any atom is -0.391 e. The molecule has 2 aromatic carbocycles. The van der Waals surface area contributed by atoms with Gasteiger partial charge in [-0.3, -0.25) is 57.5 Å². The number of hydrogen-bond donors (Lipinski definition) is 5. The maximum atomic E-state index is 15.5. The fraction of sp³-hybridized carbons (Fsp3) is 0.676. The van der Waals surface area contributed by atoms with Crippen molar-refractivity contribution >= 4 is 70.9 Å². The predicted octanol–water partition coefficient (Wildman–Crippen LogP) is 3.51. The third kappa shape index (κ3) is 24.4. The van der Waals surface area contributed by atoms with Crippen molar-refractivity contribution in [3.05, 3.63) is 71.8 Å². The van der Waals surface area contributed by atoms with E-state index in [2.05, 4.69) is 21.3 Å². The summed E-state index contributed by atoms with van der Waals surface area (Å²) in [6.45, 7) is 21.1. The molecule has 2 aliphatic rings. The van der Waals surface area contributed by atoms with Crippen LogP contribution in [0.5, 0.6) is 0 Å². The average Bonchev–Trinajstić information content (AvgIpc) is 0.815. The van der Waals surface area contributed by atoms with Gasteiger partial charge >= 0.3 is 0 Å². The van der Waals surface area contributed by atoms with E-state index in [-0.39, 0.29) is 69.0 Å². The van der Waals surface area contributed by atoms with Gasteiger partial charge in [-0.15, -0.1) is 0 Å². The topological polar surface area (TPSA) is 308 Å². The summed E-state index contributed by atoms with van der Waals surface area (Å²) in [5.41, 5.74) is 1.31. The third-order valence-electron chi connectivity index (χ3n) is 19.0. The van der Waals surface area contributed by atoms with E-state index in [1.807, 2.05) is 55.4 Å². The van der Waals surface area contributed by atoms with Crippen LogP contribution < -0.4 is 21.3 Å². The van der Waals surface area contributed by atoms with E-state index in [1.54, 1.807) is 79.4 Å². The van der Waals surface area contributed by atoms with Gasteiger partial charge in [0.25, 0.3) is 0 Å². The van der Waals surface area contributed by atoms with Crippen LogP contribution in [0.4, 0.5) is 0 Å². The second-order valence-electron chi connectivity index (χ2n) is 29.5. The summed E-state index contributed by atoms with van der Waals surface area (Å²) < 4.78 is 6.07. The minimum atomic E-state index is -1.67. The van der Waals surface area contributed by atoms with Crippen LogP contribution in [-0.4, -0.2) is 264 Å². The van der Waals surface area contributed by atoms with Gasteiger partial charge in [-0.2, -0.15) is 0 Å². The molecule has 558 valence electrons. The molecule has 2 saturated heterocycles. The summed E-state index contributed by atoms with van der Waals surface area (Å²) in [6.07, 6.45) is 0.732. The van der Waals surface area contributed by atoms with E-state index in [4.69, 9.17) is 4.74 Å². The zero-order chi connectivity index (χ0) is 75.2. The summed E-state index contributed by atoms with van der Waals surface area (Å²) in [4.78, 5) is 189. The number of aliphatic hydroxyl groups excluding tert-OH is 1. The van der Waals surface area contributed by atoms with Crippen LogP contribution in [-0.2, 0) is 75.1 Å². The summed E-state index contributed by atoms with van der Waals surface area (Å²) in [5.74, 6) is -9.86. The fourth-order valence-electron chi connectivity index (χ4n) is 12.4. The molecular formula is C74H118N12O14. The molecule has 0 saturated carbocycles. The van der Waals surface area contributed by atoms with Gasteiger partial charge in [0.15, 0.2) is 0 Å². The third-order valence-corrected chi connectivity index (χ3v) is 19.0. The molecule has 2 fully saturated rings. The highest BCUT2D eigenvalue weighted by atomic mass is 16.5. The molecule has 26 nitrogen and oxygen atoms in total. The largest absolute Gasteiger partial charge is 0.391 e. The molecule has 5 N–H and O–H groups in total. The maximum absolute atomic E-state index is 15.5. The SMILES string of the molecule is CC(C)CCOC[C@@H]1NC(=O)[C@H](C)N(C)C(=O)C[C@@H](C(=O)N2CCCCC2)NC(=O)[C@H](CC(C)C)N(C)C(=O)CN(C)C(=O)[C@H]([C@@H](C)O)NC(=O)[C@H](CC(C)C)N(C)C(=O)[C@H](Cc2ccccc2)N(C)C(=O)[C@H](C(C)C)NC(=O)[C@H](Cc2ccccc2)N(C)C(=O)[C@H](CC(C)C)N(C)C1=O. The van der Waals surface area contributed by atoms with E-state index < -0.39 is 156 Å². The quantitative estimate of drug-likeness (QED) is 0.134. The lowest BCUT2D eigenvalue weighted by molar-refractivity contribution is -0.152. The van der Waals surface area contributed by atoms with Crippen molar-refractivity contribution < 1.29 is 67.4 Å². The second kappa shape index (κ2) is 39.9. The van der Waals surface area contributed by atoms with Gasteiger partial charge in [0.2, 0.25) is 70.9 Å². The molecule has 2 aliphatic heterocycles. The number of nitrogens with zero attached hydrogens (tertiary/aromatic N) is 8. The lowest BCUT2D eigenvalue weighted by Crippen LogP contribution is -2.62. The zero-order valence-electron chi connectivity index (χ0n) is 62.9. The van der Waals surface area contributed by atoms with E-state index in [0.29, 0.717) is 43.5 Å². The Hall–Kier alpha value is -8.00. The van der Waals surface area contributed by atoms with Crippen LogP contribution >= 0.6 is 0 Å². The lowest BCUT2D eigenvalue weighted by atomic mass is 9.96. The van der Waals surface area contributed by atoms with Gasteiger partial charge < -0.3 is 70.3 Å². The smallest absolute Gasteiger partial charge is 0.248 e. The summed E-state index contributed by atoms with van der Waals surface area (Å²) >= 11 is 0. The summed E-state index contributed by atoms with van der Waals surface area (Å²) in [7, 11) is 9.72. The predicted molar refractivity (Wildman–Crippen MR) is 381 cm³/mol. The molecule has 0 aromatic heterocycles. The van der Waals surface area contributed by atoms with E-state index in [1.165, 1.54) is 82.8 Å². The number of aliphatic hydroxyl groups is 1. The number of benzene rings is 2. The van der Waals surface area contributed by atoms with Crippen molar-refractivity contribution in [2.24, 2.45) is 29.6 Å². The molecular weight excluding hydrogens is 1280 g/mol. The van der Waals surface area contributed by atoms with Gasteiger partial charge in [-0.05, 0) is 99.5 Å². The van der Waals surface area contributed by atoms with Crippen molar-refractivity contribution in [3.8, 4) is 0 Å². The van der Waals surface area contributed by atoms with Crippen molar-refractivity contribution in [2.45, 2.75) is 214 Å². The Balaban J connectivity index is 1.97. The van der Waals surface area contributed by atoms with Gasteiger partial charge in [-0.25, -0.2) is 0 Å². The average molecular weight is 1400 g/mol. The second-order valence-corrected chi connectivity index (χ2v) is 29.5. The van der Waals surface area contributed by atoms with E-state index in [0.717, 1.165) is 21.1 Å².